The number of urea groups is 1. The quantitative estimate of drug-likeness (QED) is 0.241. The van der Waals surface area contributed by atoms with Crippen molar-refractivity contribution in [2.45, 2.75) is 25.4 Å². The number of fused-ring (bicyclic) bond motifs is 1. The Morgan fingerprint density at radius 2 is 1.46 bits per heavy atom. The Bertz CT molecular complexity index is 1480. The van der Waals surface area contributed by atoms with E-state index in [1.54, 1.807) is 19.2 Å². The molecule has 218 valence electrons. The predicted octanol–water partition coefficient (Wildman–Crippen LogP) is 6.54. The molecule has 0 aliphatic rings. The van der Waals surface area contributed by atoms with Crippen molar-refractivity contribution in [3.05, 3.63) is 94.8 Å². The van der Waals surface area contributed by atoms with Crippen molar-refractivity contribution in [2.75, 3.05) is 32.1 Å². The fourth-order valence-electron chi connectivity index (χ4n) is 4.22. The zero-order valence-corrected chi connectivity index (χ0v) is 22.0. The maximum absolute atomic E-state index is 13.4. The van der Waals surface area contributed by atoms with Crippen molar-refractivity contribution in [3.8, 4) is 0 Å². The summed E-state index contributed by atoms with van der Waals surface area (Å²) < 4.78 is 94.1. The van der Waals surface area contributed by atoms with Gasteiger partial charge in [0.1, 0.15) is 5.82 Å². The molecule has 0 aliphatic heterocycles. The number of hydrogen-bond acceptors (Lipinski definition) is 3. The lowest BCUT2D eigenvalue weighted by Crippen LogP contribution is -2.41. The zero-order chi connectivity index (χ0) is 29.9. The van der Waals surface area contributed by atoms with Crippen molar-refractivity contribution < 1.29 is 35.5 Å². The zero-order valence-electron chi connectivity index (χ0n) is 22.0. The van der Waals surface area contributed by atoms with Gasteiger partial charge >= 0.3 is 18.4 Å². The number of carbonyl (C=O) groups is 1. The second-order valence-corrected chi connectivity index (χ2v) is 9.53. The minimum atomic E-state index is -4.98. The molecule has 6 nitrogen and oxygen atoms in total. The summed E-state index contributed by atoms with van der Waals surface area (Å²) in [7, 11) is 3.23. The second kappa shape index (κ2) is 11.7. The van der Waals surface area contributed by atoms with Crippen LogP contribution in [0, 0.1) is 5.82 Å². The maximum atomic E-state index is 13.4. The summed E-state index contributed by atoms with van der Waals surface area (Å²) in [6, 6.07) is 14.1. The van der Waals surface area contributed by atoms with Crippen LogP contribution in [-0.2, 0) is 25.4 Å². The van der Waals surface area contributed by atoms with Gasteiger partial charge in [-0.3, -0.25) is 0 Å². The van der Waals surface area contributed by atoms with Crippen LogP contribution in [-0.4, -0.2) is 47.7 Å². The highest BCUT2D eigenvalue weighted by molar-refractivity contribution is 5.79. The Morgan fingerprint density at radius 1 is 0.854 bits per heavy atom. The van der Waals surface area contributed by atoms with Crippen LogP contribution in [0.1, 0.15) is 22.3 Å². The minimum Gasteiger partial charge on any atom is -0.343 e. The third-order valence-electron chi connectivity index (χ3n) is 6.44. The number of amides is 2. The van der Waals surface area contributed by atoms with E-state index in [1.165, 1.54) is 24.1 Å². The number of nitrogens with one attached hydrogen (secondary N) is 1. The van der Waals surface area contributed by atoms with Crippen LogP contribution < -0.4 is 10.2 Å². The molecule has 0 unspecified atom stereocenters. The van der Waals surface area contributed by atoms with Gasteiger partial charge in [-0.05, 0) is 53.6 Å². The third kappa shape index (κ3) is 7.27. The van der Waals surface area contributed by atoms with Gasteiger partial charge in [-0.2, -0.15) is 26.3 Å². The molecule has 0 fully saturated rings. The van der Waals surface area contributed by atoms with Gasteiger partial charge < -0.3 is 19.7 Å². The Labute approximate surface area is 231 Å². The first-order valence-corrected chi connectivity index (χ1v) is 12.4. The molecule has 41 heavy (non-hydrogen) atoms. The predicted molar refractivity (Wildman–Crippen MR) is 140 cm³/mol. The lowest BCUT2D eigenvalue weighted by atomic mass is 10.0. The Hall–Kier alpha value is -4.29. The largest absolute Gasteiger partial charge is 0.416 e. The van der Waals surface area contributed by atoms with Gasteiger partial charge in [0.15, 0.2) is 0 Å². The highest BCUT2D eigenvalue weighted by Gasteiger charge is 2.36. The molecule has 4 rings (SSSR count). The van der Waals surface area contributed by atoms with E-state index in [0.29, 0.717) is 31.2 Å². The van der Waals surface area contributed by atoms with Gasteiger partial charge in [0.25, 0.3) is 0 Å². The SMILES string of the molecule is CN(CCN(C)c1nc2ccccc2n1Cc1ccc(F)cc1)C(=O)NCc1cc(C(F)(F)F)cc(C(F)(F)F)c1. The molecule has 1 aromatic heterocycles. The summed E-state index contributed by atoms with van der Waals surface area (Å²) in [5.41, 5.74) is -0.791. The lowest BCUT2D eigenvalue weighted by Gasteiger charge is -2.24. The summed E-state index contributed by atoms with van der Waals surface area (Å²) in [6.07, 6.45) is -9.96. The second-order valence-electron chi connectivity index (χ2n) is 9.53. The van der Waals surface area contributed by atoms with Crippen LogP contribution in [0.5, 0.6) is 0 Å². The average molecular weight is 582 g/mol. The molecule has 0 spiro atoms. The number of anilines is 1. The number of aromatic nitrogens is 2. The summed E-state index contributed by atoms with van der Waals surface area (Å²) in [4.78, 5) is 20.4. The Balaban J connectivity index is 1.43. The van der Waals surface area contributed by atoms with Gasteiger partial charge in [-0.15, -0.1) is 0 Å². The molecular formula is C28H26F7N5O. The number of alkyl halides is 6. The number of halogens is 7. The highest BCUT2D eigenvalue weighted by Crippen LogP contribution is 2.36. The van der Waals surface area contributed by atoms with Crippen LogP contribution in [0.4, 0.5) is 41.5 Å². The van der Waals surface area contributed by atoms with E-state index in [4.69, 9.17) is 4.98 Å². The van der Waals surface area contributed by atoms with Crippen LogP contribution in [0.15, 0.2) is 66.7 Å². The standard InChI is InChI=1S/C28H26F7N5O/c1-38(25-37-23-5-3-4-6-24(23)40(25)17-18-7-9-22(29)10-8-18)11-12-39(2)26(41)36-16-19-13-20(27(30,31)32)15-21(14-19)28(33,34)35/h3-10,13-15H,11-12,16-17H2,1-2H3,(H,36,41). The van der Waals surface area contributed by atoms with Crippen molar-refractivity contribution in [2.24, 2.45) is 0 Å². The van der Waals surface area contributed by atoms with Gasteiger partial charge in [-0.1, -0.05) is 24.3 Å². The molecule has 0 aliphatic carbocycles. The molecule has 0 saturated heterocycles. The number of carbonyl (C=O) groups excluding carboxylic acids is 1. The topological polar surface area (TPSA) is 53.4 Å². The van der Waals surface area contributed by atoms with E-state index < -0.39 is 36.1 Å². The number of nitrogens with zero attached hydrogens (tertiary/aromatic N) is 4. The molecule has 3 aromatic carbocycles. The number of rotatable bonds is 8. The molecule has 0 radical (unpaired) electrons. The normalized spacial score (nSPS) is 12.0. The van der Waals surface area contributed by atoms with Crippen molar-refractivity contribution in [1.29, 1.82) is 0 Å². The van der Waals surface area contributed by atoms with E-state index in [-0.39, 0.29) is 24.0 Å². The Morgan fingerprint density at radius 3 is 2.07 bits per heavy atom. The lowest BCUT2D eigenvalue weighted by molar-refractivity contribution is -0.143. The van der Waals surface area contributed by atoms with Crippen LogP contribution in [0.25, 0.3) is 11.0 Å². The maximum Gasteiger partial charge on any atom is 0.416 e. The molecule has 0 bridgehead atoms. The Kier molecular flexibility index (Phi) is 8.45. The van der Waals surface area contributed by atoms with E-state index in [0.717, 1.165) is 16.6 Å². The fraction of sp³-hybridized carbons (Fsp3) is 0.286. The molecule has 1 heterocycles. The van der Waals surface area contributed by atoms with Crippen LogP contribution in [0.2, 0.25) is 0 Å². The molecule has 0 saturated carbocycles. The van der Waals surface area contributed by atoms with Crippen molar-refractivity contribution in [1.82, 2.24) is 19.8 Å². The fourth-order valence-corrected chi connectivity index (χ4v) is 4.22. The van der Waals surface area contributed by atoms with E-state index >= 15 is 0 Å². The van der Waals surface area contributed by atoms with Crippen molar-refractivity contribution >= 4 is 23.0 Å². The smallest absolute Gasteiger partial charge is 0.343 e. The van der Waals surface area contributed by atoms with Crippen LogP contribution >= 0.6 is 0 Å². The van der Waals surface area contributed by atoms with Gasteiger partial charge in [0, 0.05) is 33.7 Å². The third-order valence-corrected chi connectivity index (χ3v) is 6.44. The first-order chi connectivity index (χ1) is 19.2. The number of imidazole rings is 1. The molecule has 4 aromatic rings. The van der Waals surface area contributed by atoms with Crippen molar-refractivity contribution in [3.63, 3.8) is 0 Å². The minimum absolute atomic E-state index is 0.0384. The summed E-state index contributed by atoms with van der Waals surface area (Å²) in [5, 5.41) is 2.37. The molecular weight excluding hydrogens is 555 g/mol. The summed E-state index contributed by atoms with van der Waals surface area (Å²) in [6.45, 7) is 0.351. The molecule has 13 heteroatoms. The van der Waals surface area contributed by atoms with Gasteiger partial charge in [-0.25, -0.2) is 14.2 Å². The number of hydrogen-bond donors (Lipinski definition) is 1. The van der Waals surface area contributed by atoms with Crippen LogP contribution in [0.3, 0.4) is 0 Å². The first-order valence-electron chi connectivity index (χ1n) is 12.4. The first kappa shape index (κ1) is 29.7. The van der Waals surface area contributed by atoms with E-state index in [9.17, 15) is 35.5 Å². The van der Waals surface area contributed by atoms with E-state index in [2.05, 4.69) is 5.32 Å². The molecule has 0 atom stereocenters. The number of para-hydroxylation sites is 2. The highest BCUT2D eigenvalue weighted by atomic mass is 19.4. The van der Waals surface area contributed by atoms with E-state index in [1.807, 2.05) is 33.7 Å². The van der Waals surface area contributed by atoms with Gasteiger partial charge in [0.2, 0.25) is 5.95 Å². The van der Waals surface area contributed by atoms with Gasteiger partial charge in [0.05, 0.1) is 28.7 Å². The molecule has 2 amide bonds. The number of likely N-dealkylation sites (N-methyl/N-ethyl adjacent to an activating group) is 2. The number of benzene rings is 3. The monoisotopic (exact) mass is 581 g/mol. The average Bonchev–Trinajstić information content (AvgIpc) is 3.28. The summed E-state index contributed by atoms with van der Waals surface area (Å²) >= 11 is 0. The molecule has 1 N–H and O–H groups in total. The summed E-state index contributed by atoms with van der Waals surface area (Å²) in [5.74, 6) is 0.240.